The molecule has 0 spiro atoms. The fraction of sp³-hybridized carbons (Fsp3) is 0.500. The summed E-state index contributed by atoms with van der Waals surface area (Å²) < 4.78 is 0. The summed E-state index contributed by atoms with van der Waals surface area (Å²) in [6.07, 6.45) is 6.41. The predicted molar refractivity (Wildman–Crippen MR) is 48.8 cm³/mol. The van der Waals surface area contributed by atoms with Gasteiger partial charge in [0.25, 0.3) is 0 Å². The molecular formula is C10H14CdN2. The van der Waals surface area contributed by atoms with Crippen LogP contribution < -0.4 is 0 Å². The first-order valence-corrected chi connectivity index (χ1v) is 4.48. The topological polar surface area (TPSA) is 16.1 Å². The van der Waals surface area contributed by atoms with Gasteiger partial charge in [-0.1, -0.05) is 6.07 Å². The van der Waals surface area contributed by atoms with Gasteiger partial charge in [-0.25, -0.2) is 0 Å². The van der Waals surface area contributed by atoms with Crippen molar-refractivity contribution in [3.8, 4) is 0 Å². The first-order valence-electron chi connectivity index (χ1n) is 4.48. The van der Waals surface area contributed by atoms with Crippen LogP contribution in [0.1, 0.15) is 24.4 Å². The molecule has 1 aliphatic rings. The smallest absolute Gasteiger partial charge is 0.0360 e. The Kier molecular flexibility index (Phi) is 4.31. The standard InChI is InChI=1S/C10H14N2.Cd/c1-12-7-3-5-10(12)9-4-2-6-11-8-9;/h2,4,6,8,10H,3,5,7H2,1H3;. The van der Waals surface area contributed by atoms with Crippen LogP contribution in [0.25, 0.3) is 0 Å². The van der Waals surface area contributed by atoms with E-state index in [0.717, 1.165) is 0 Å². The number of nitrogens with zero attached hydrogens (tertiary/aromatic N) is 2. The van der Waals surface area contributed by atoms with E-state index in [9.17, 15) is 0 Å². The van der Waals surface area contributed by atoms with Gasteiger partial charge in [0.05, 0.1) is 0 Å². The van der Waals surface area contributed by atoms with E-state index in [1.54, 1.807) is 0 Å². The molecule has 1 aliphatic heterocycles. The van der Waals surface area contributed by atoms with Crippen molar-refractivity contribution in [1.82, 2.24) is 9.88 Å². The van der Waals surface area contributed by atoms with Gasteiger partial charge in [0.2, 0.25) is 0 Å². The van der Waals surface area contributed by atoms with E-state index < -0.39 is 0 Å². The Morgan fingerprint density at radius 2 is 2.38 bits per heavy atom. The predicted octanol–water partition coefficient (Wildman–Crippen LogP) is 1.85. The molecule has 0 bridgehead atoms. The number of hydrogen-bond acceptors (Lipinski definition) is 2. The molecule has 2 rings (SSSR count). The van der Waals surface area contributed by atoms with Crippen molar-refractivity contribution >= 4 is 0 Å². The number of pyridine rings is 1. The van der Waals surface area contributed by atoms with Crippen LogP contribution in [-0.2, 0) is 27.3 Å². The minimum absolute atomic E-state index is 0. The Labute approximate surface area is 99.5 Å². The van der Waals surface area contributed by atoms with Crippen LogP contribution >= 0.6 is 0 Å². The molecule has 1 saturated heterocycles. The first kappa shape index (κ1) is 11.1. The first-order chi connectivity index (χ1) is 5.88. The average molecular weight is 275 g/mol. The van der Waals surface area contributed by atoms with Gasteiger partial charge in [0.15, 0.2) is 0 Å². The molecule has 0 N–H and O–H groups in total. The van der Waals surface area contributed by atoms with Crippen LogP contribution in [0.3, 0.4) is 0 Å². The molecule has 3 heteroatoms. The Morgan fingerprint density at radius 1 is 1.54 bits per heavy atom. The fourth-order valence-electron chi connectivity index (χ4n) is 1.90. The maximum atomic E-state index is 4.14. The average Bonchev–Trinajstić information content (AvgIpc) is 2.53. The monoisotopic (exact) mass is 276 g/mol. The third-order valence-corrected chi connectivity index (χ3v) is 2.59. The maximum Gasteiger partial charge on any atom is 0.0360 e. The zero-order chi connectivity index (χ0) is 8.39. The zero-order valence-electron chi connectivity index (χ0n) is 8.11. The van der Waals surface area contributed by atoms with Crippen LogP contribution in [0.2, 0.25) is 0 Å². The Balaban J connectivity index is 0.000000845. The van der Waals surface area contributed by atoms with Gasteiger partial charge >= 0.3 is 0 Å². The van der Waals surface area contributed by atoms with Crippen molar-refractivity contribution in [1.29, 1.82) is 0 Å². The van der Waals surface area contributed by atoms with E-state index >= 15 is 0 Å². The van der Waals surface area contributed by atoms with Crippen LogP contribution in [0.15, 0.2) is 24.5 Å². The van der Waals surface area contributed by atoms with Crippen LogP contribution in [0.5, 0.6) is 0 Å². The summed E-state index contributed by atoms with van der Waals surface area (Å²) >= 11 is 0. The SMILES string of the molecule is CN1CCCC1c1cccnc1.[Cd]. The van der Waals surface area contributed by atoms with E-state index in [0.29, 0.717) is 6.04 Å². The Bertz CT molecular complexity index is 250. The molecular weight excluding hydrogens is 261 g/mol. The fourth-order valence-corrected chi connectivity index (χ4v) is 1.90. The Hall–Kier alpha value is 0.0321. The number of rotatable bonds is 1. The largest absolute Gasteiger partial charge is 0.299 e. The second-order valence-corrected chi connectivity index (χ2v) is 3.42. The van der Waals surface area contributed by atoms with E-state index in [-0.39, 0.29) is 27.3 Å². The van der Waals surface area contributed by atoms with Crippen molar-refractivity contribution in [3.05, 3.63) is 30.1 Å². The van der Waals surface area contributed by atoms with E-state index in [1.165, 1.54) is 24.9 Å². The second kappa shape index (κ2) is 5.05. The molecule has 2 heterocycles. The summed E-state index contributed by atoms with van der Waals surface area (Å²) in [5.41, 5.74) is 1.36. The van der Waals surface area contributed by atoms with Crippen molar-refractivity contribution in [3.63, 3.8) is 0 Å². The minimum Gasteiger partial charge on any atom is -0.299 e. The minimum atomic E-state index is 0. The third kappa shape index (κ3) is 2.49. The number of likely N-dealkylation sites (tertiary alicyclic amines) is 1. The molecule has 13 heavy (non-hydrogen) atoms. The van der Waals surface area contributed by atoms with E-state index in [1.807, 2.05) is 18.5 Å². The van der Waals surface area contributed by atoms with E-state index in [4.69, 9.17) is 0 Å². The molecule has 2 nitrogen and oxygen atoms in total. The molecule has 0 aromatic carbocycles. The van der Waals surface area contributed by atoms with Crippen molar-refractivity contribution in [2.75, 3.05) is 13.6 Å². The summed E-state index contributed by atoms with van der Waals surface area (Å²) in [5, 5.41) is 0. The van der Waals surface area contributed by atoms with Crippen LogP contribution in [-0.4, -0.2) is 23.5 Å². The van der Waals surface area contributed by atoms with E-state index in [2.05, 4.69) is 23.0 Å². The number of hydrogen-bond donors (Lipinski definition) is 0. The van der Waals surface area contributed by atoms with Gasteiger partial charge in [-0.05, 0) is 38.1 Å². The molecule has 0 aliphatic carbocycles. The normalized spacial score (nSPS) is 22.7. The van der Waals surface area contributed by atoms with Crippen molar-refractivity contribution in [2.45, 2.75) is 18.9 Å². The summed E-state index contributed by atoms with van der Waals surface area (Å²) in [5.74, 6) is 0. The summed E-state index contributed by atoms with van der Waals surface area (Å²) in [6, 6.07) is 4.79. The third-order valence-electron chi connectivity index (χ3n) is 2.59. The van der Waals surface area contributed by atoms with Gasteiger partial charge in [-0.15, -0.1) is 0 Å². The zero-order valence-corrected chi connectivity index (χ0v) is 12.1. The molecule has 1 unspecified atom stereocenters. The Morgan fingerprint density at radius 3 is 2.92 bits per heavy atom. The van der Waals surface area contributed by atoms with Gasteiger partial charge < -0.3 is 0 Å². The van der Waals surface area contributed by atoms with Gasteiger partial charge in [0, 0.05) is 45.7 Å². The molecule has 1 fully saturated rings. The van der Waals surface area contributed by atoms with Gasteiger partial charge in [-0.3, -0.25) is 9.88 Å². The summed E-state index contributed by atoms with van der Waals surface area (Å²) in [7, 11) is 2.19. The molecule has 0 amide bonds. The number of aromatic nitrogens is 1. The maximum absolute atomic E-state index is 4.14. The van der Waals surface area contributed by atoms with Crippen molar-refractivity contribution < 1.29 is 27.3 Å². The molecule has 1 atom stereocenters. The van der Waals surface area contributed by atoms with Crippen molar-refractivity contribution in [2.24, 2.45) is 0 Å². The molecule has 1 aromatic rings. The van der Waals surface area contributed by atoms with Gasteiger partial charge in [0.1, 0.15) is 0 Å². The molecule has 0 radical (unpaired) electrons. The molecule has 0 saturated carbocycles. The van der Waals surface area contributed by atoms with Crippen LogP contribution in [0, 0.1) is 0 Å². The quantitative estimate of drug-likeness (QED) is 0.727. The second-order valence-electron chi connectivity index (χ2n) is 3.42. The molecule has 66 valence electrons. The molecule has 1 aromatic heterocycles. The summed E-state index contributed by atoms with van der Waals surface area (Å²) in [6.45, 7) is 1.22. The summed E-state index contributed by atoms with van der Waals surface area (Å²) in [4.78, 5) is 6.54. The van der Waals surface area contributed by atoms with Crippen LogP contribution in [0.4, 0.5) is 0 Å². The van der Waals surface area contributed by atoms with Gasteiger partial charge in [-0.2, -0.15) is 0 Å².